The van der Waals surface area contributed by atoms with Crippen LogP contribution in [0.2, 0.25) is 0 Å². The van der Waals surface area contributed by atoms with Crippen LogP contribution in [0.4, 0.5) is 0 Å². The number of nitrogens with zero attached hydrogens (tertiary/aromatic N) is 2. The van der Waals surface area contributed by atoms with Gasteiger partial charge in [-0.15, -0.1) is 0 Å². The van der Waals surface area contributed by atoms with Crippen LogP contribution < -0.4 is 5.32 Å². The zero-order valence-electron chi connectivity index (χ0n) is 13.3. The van der Waals surface area contributed by atoms with E-state index in [4.69, 9.17) is 4.42 Å². The molecule has 6 nitrogen and oxygen atoms in total. The molecule has 0 saturated carbocycles. The van der Waals surface area contributed by atoms with E-state index in [2.05, 4.69) is 10.3 Å². The molecule has 6 heteroatoms. The SMILES string of the molecule is CCC(C)C1NC(=O)C(C)N(Cc2nc(C)c(C)o2)C1=O. The molecule has 116 valence electrons. The molecule has 1 N–H and O–H groups in total. The Bertz CT molecular complexity index is 533. The summed E-state index contributed by atoms with van der Waals surface area (Å²) in [5.74, 6) is 1.13. The van der Waals surface area contributed by atoms with Crippen molar-refractivity contribution in [3.05, 3.63) is 17.3 Å². The second kappa shape index (κ2) is 5.87. The Morgan fingerprint density at radius 2 is 2.05 bits per heavy atom. The molecule has 21 heavy (non-hydrogen) atoms. The molecule has 1 fully saturated rings. The van der Waals surface area contributed by atoms with Gasteiger partial charge in [-0.2, -0.15) is 0 Å². The maximum absolute atomic E-state index is 12.6. The molecule has 2 heterocycles. The molecule has 0 aliphatic carbocycles. The van der Waals surface area contributed by atoms with Gasteiger partial charge >= 0.3 is 0 Å². The Kier molecular flexibility index (Phi) is 4.34. The van der Waals surface area contributed by atoms with E-state index >= 15 is 0 Å². The Morgan fingerprint density at radius 3 is 2.57 bits per heavy atom. The van der Waals surface area contributed by atoms with Crippen molar-refractivity contribution in [2.45, 2.75) is 59.7 Å². The third kappa shape index (κ3) is 2.94. The number of carbonyl (C=O) groups excluding carboxylic acids is 2. The lowest BCUT2D eigenvalue weighted by Crippen LogP contribution is -2.63. The van der Waals surface area contributed by atoms with Crippen LogP contribution in [0.5, 0.6) is 0 Å². The number of rotatable bonds is 4. The number of aromatic nitrogens is 1. The van der Waals surface area contributed by atoms with Gasteiger partial charge in [0.15, 0.2) is 0 Å². The summed E-state index contributed by atoms with van der Waals surface area (Å²) in [5.41, 5.74) is 0.810. The summed E-state index contributed by atoms with van der Waals surface area (Å²) < 4.78 is 5.53. The standard InChI is InChI=1S/C15H23N3O3/c1-6-8(2)13-15(20)18(10(4)14(19)17-13)7-12-16-9(3)11(5)21-12/h8,10,13H,6-7H2,1-5H3,(H,17,19). The van der Waals surface area contributed by atoms with Crippen molar-refractivity contribution in [2.75, 3.05) is 0 Å². The maximum atomic E-state index is 12.6. The van der Waals surface area contributed by atoms with Crippen LogP contribution in [0.1, 0.15) is 44.5 Å². The third-order valence-electron chi connectivity index (χ3n) is 4.29. The highest BCUT2D eigenvalue weighted by molar-refractivity contribution is 5.96. The molecule has 1 aromatic heterocycles. The van der Waals surface area contributed by atoms with E-state index in [0.717, 1.165) is 17.9 Å². The first kappa shape index (κ1) is 15.5. The second-order valence-corrected chi connectivity index (χ2v) is 5.76. The van der Waals surface area contributed by atoms with Crippen LogP contribution in [0.25, 0.3) is 0 Å². The third-order valence-corrected chi connectivity index (χ3v) is 4.29. The van der Waals surface area contributed by atoms with Gasteiger partial charge in [0, 0.05) is 0 Å². The predicted molar refractivity (Wildman–Crippen MR) is 77.4 cm³/mol. The van der Waals surface area contributed by atoms with Gasteiger partial charge in [-0.05, 0) is 26.7 Å². The summed E-state index contributed by atoms with van der Waals surface area (Å²) in [6.45, 7) is 9.63. The number of hydrogen-bond donors (Lipinski definition) is 1. The fraction of sp³-hybridized carbons (Fsp3) is 0.667. The largest absolute Gasteiger partial charge is 0.444 e. The van der Waals surface area contributed by atoms with Gasteiger partial charge in [0.1, 0.15) is 17.8 Å². The molecule has 1 aliphatic heterocycles. The van der Waals surface area contributed by atoms with Gasteiger partial charge in [0.25, 0.3) is 0 Å². The summed E-state index contributed by atoms with van der Waals surface area (Å²) >= 11 is 0. The molecule has 2 amide bonds. The average Bonchev–Trinajstić information content (AvgIpc) is 2.76. The van der Waals surface area contributed by atoms with Crippen LogP contribution in [0, 0.1) is 19.8 Å². The zero-order valence-corrected chi connectivity index (χ0v) is 13.3. The monoisotopic (exact) mass is 293 g/mol. The number of oxazole rings is 1. The highest BCUT2D eigenvalue weighted by Crippen LogP contribution is 2.20. The molecule has 3 atom stereocenters. The van der Waals surface area contributed by atoms with Crippen LogP contribution in [0.3, 0.4) is 0 Å². The van der Waals surface area contributed by atoms with Crippen molar-refractivity contribution in [1.29, 1.82) is 0 Å². The van der Waals surface area contributed by atoms with Crippen LogP contribution >= 0.6 is 0 Å². The lowest BCUT2D eigenvalue weighted by molar-refractivity contribution is -0.151. The van der Waals surface area contributed by atoms with Crippen LogP contribution in [-0.2, 0) is 16.1 Å². The minimum Gasteiger partial charge on any atom is -0.444 e. The van der Waals surface area contributed by atoms with E-state index < -0.39 is 12.1 Å². The Hall–Kier alpha value is -1.85. The quantitative estimate of drug-likeness (QED) is 0.914. The summed E-state index contributed by atoms with van der Waals surface area (Å²) in [4.78, 5) is 30.6. The highest BCUT2D eigenvalue weighted by Gasteiger charge is 2.40. The second-order valence-electron chi connectivity index (χ2n) is 5.76. The van der Waals surface area contributed by atoms with E-state index in [-0.39, 0.29) is 24.3 Å². The van der Waals surface area contributed by atoms with Crippen molar-refractivity contribution >= 4 is 11.8 Å². The number of piperazine rings is 1. The summed E-state index contributed by atoms with van der Waals surface area (Å²) in [7, 11) is 0. The molecule has 1 aliphatic rings. The van der Waals surface area contributed by atoms with E-state index in [1.807, 2.05) is 27.7 Å². The number of carbonyl (C=O) groups is 2. The molecule has 3 unspecified atom stereocenters. The van der Waals surface area contributed by atoms with Gasteiger partial charge in [-0.25, -0.2) is 4.98 Å². The van der Waals surface area contributed by atoms with E-state index in [1.165, 1.54) is 0 Å². The Morgan fingerprint density at radius 1 is 1.38 bits per heavy atom. The van der Waals surface area contributed by atoms with Gasteiger partial charge in [-0.3, -0.25) is 9.59 Å². The van der Waals surface area contributed by atoms with Gasteiger partial charge < -0.3 is 14.6 Å². The fourth-order valence-corrected chi connectivity index (χ4v) is 2.44. The molecule has 0 aromatic carbocycles. The number of hydrogen-bond acceptors (Lipinski definition) is 4. The smallest absolute Gasteiger partial charge is 0.246 e. The molecule has 1 saturated heterocycles. The minimum atomic E-state index is -0.509. The van der Waals surface area contributed by atoms with E-state index in [0.29, 0.717) is 5.89 Å². The highest BCUT2D eigenvalue weighted by atomic mass is 16.4. The fourth-order valence-electron chi connectivity index (χ4n) is 2.44. The molecule has 0 bridgehead atoms. The first-order valence-corrected chi connectivity index (χ1v) is 7.38. The first-order chi connectivity index (χ1) is 9.85. The topological polar surface area (TPSA) is 75.4 Å². The summed E-state index contributed by atoms with van der Waals surface area (Å²) in [5, 5.41) is 2.82. The van der Waals surface area contributed by atoms with Gasteiger partial charge in [-0.1, -0.05) is 20.3 Å². The van der Waals surface area contributed by atoms with Crippen LogP contribution in [-0.4, -0.2) is 33.8 Å². The van der Waals surface area contributed by atoms with Crippen molar-refractivity contribution in [3.8, 4) is 0 Å². The molecule has 0 radical (unpaired) electrons. The predicted octanol–water partition coefficient (Wildman–Crippen LogP) is 1.55. The van der Waals surface area contributed by atoms with Crippen molar-refractivity contribution < 1.29 is 14.0 Å². The number of aryl methyl sites for hydroxylation is 2. The number of nitrogens with one attached hydrogen (secondary N) is 1. The minimum absolute atomic E-state index is 0.0649. The molecular formula is C15H23N3O3. The van der Waals surface area contributed by atoms with Crippen molar-refractivity contribution in [2.24, 2.45) is 5.92 Å². The van der Waals surface area contributed by atoms with Crippen LogP contribution in [0.15, 0.2) is 4.42 Å². The van der Waals surface area contributed by atoms with Gasteiger partial charge in [0.05, 0.1) is 12.2 Å². The van der Waals surface area contributed by atoms with E-state index in [9.17, 15) is 9.59 Å². The molecule has 1 aromatic rings. The van der Waals surface area contributed by atoms with Crippen molar-refractivity contribution in [1.82, 2.24) is 15.2 Å². The average molecular weight is 293 g/mol. The van der Waals surface area contributed by atoms with Gasteiger partial charge in [0.2, 0.25) is 17.7 Å². The molecule has 2 rings (SSSR count). The summed E-state index contributed by atoms with van der Waals surface area (Å²) in [6.07, 6.45) is 0.829. The normalized spacial score (nSPS) is 24.1. The Balaban J connectivity index is 2.22. The maximum Gasteiger partial charge on any atom is 0.246 e. The Labute approximate surface area is 124 Å². The summed E-state index contributed by atoms with van der Waals surface area (Å²) in [6, 6.07) is -0.971. The molecule has 0 spiro atoms. The molecular weight excluding hydrogens is 270 g/mol. The lowest BCUT2D eigenvalue weighted by atomic mass is 9.94. The number of amides is 2. The first-order valence-electron chi connectivity index (χ1n) is 7.38. The van der Waals surface area contributed by atoms with E-state index in [1.54, 1.807) is 11.8 Å². The lowest BCUT2D eigenvalue weighted by Gasteiger charge is -2.38. The van der Waals surface area contributed by atoms with Crippen molar-refractivity contribution in [3.63, 3.8) is 0 Å². The zero-order chi connectivity index (χ0) is 15.7.